The summed E-state index contributed by atoms with van der Waals surface area (Å²) in [5.74, 6) is 2.40. The molecule has 1 aromatic rings. The first-order chi connectivity index (χ1) is 7.07. The van der Waals surface area contributed by atoms with Gasteiger partial charge in [-0.05, 0) is 0 Å². The largest absolute Gasteiger partial charge is 0.390 e. The van der Waals surface area contributed by atoms with Crippen molar-refractivity contribution in [2.45, 2.75) is 5.92 Å². The third-order valence-electron chi connectivity index (χ3n) is 1.57. The number of hydrogen-bond donors (Lipinski definition) is 4. The van der Waals surface area contributed by atoms with Crippen LogP contribution in [0, 0.1) is 0 Å². The molecular weight excluding hydrogens is 208 g/mol. The van der Waals surface area contributed by atoms with Gasteiger partial charge in [0.05, 0.1) is 6.54 Å². The van der Waals surface area contributed by atoms with Gasteiger partial charge in [-0.3, -0.25) is 0 Å². The van der Waals surface area contributed by atoms with E-state index in [0.717, 1.165) is 0 Å². The molecule has 5 N–H and O–H groups in total. The summed E-state index contributed by atoms with van der Waals surface area (Å²) in [4.78, 5) is 7.39. The van der Waals surface area contributed by atoms with Crippen LogP contribution in [0.25, 0.3) is 0 Å². The van der Waals surface area contributed by atoms with Crippen molar-refractivity contribution in [2.24, 2.45) is 5.84 Å². The highest BCUT2D eigenvalue weighted by atomic mass is 19.3. The number of aliphatic hydroxyl groups excluding tert-OH is 1. The van der Waals surface area contributed by atoms with E-state index in [4.69, 9.17) is 10.9 Å². The second-order valence-electron chi connectivity index (χ2n) is 2.80. The van der Waals surface area contributed by atoms with Crippen molar-refractivity contribution < 1.29 is 13.9 Å². The van der Waals surface area contributed by atoms with E-state index in [2.05, 4.69) is 20.7 Å². The number of aliphatic hydroxyl groups is 1. The smallest absolute Gasteiger partial charge is 0.287 e. The molecule has 0 radical (unpaired) electrons. The van der Waals surface area contributed by atoms with Gasteiger partial charge in [0.1, 0.15) is 24.6 Å². The third-order valence-corrected chi connectivity index (χ3v) is 1.57. The maximum absolute atomic E-state index is 12.6. The maximum atomic E-state index is 12.6. The molecule has 0 saturated carbocycles. The molecule has 15 heavy (non-hydrogen) atoms. The third kappa shape index (κ3) is 3.60. The number of nitrogen functional groups attached to an aromatic ring is 1. The molecule has 0 amide bonds. The summed E-state index contributed by atoms with van der Waals surface area (Å²) in [6.45, 7) is -1.92. The van der Waals surface area contributed by atoms with Crippen molar-refractivity contribution in [2.75, 3.05) is 23.9 Å². The van der Waals surface area contributed by atoms with Crippen molar-refractivity contribution in [3.63, 3.8) is 0 Å². The molecule has 0 saturated heterocycles. The van der Waals surface area contributed by atoms with Crippen LogP contribution in [0.15, 0.2) is 12.4 Å². The highest BCUT2D eigenvalue weighted by Gasteiger charge is 2.27. The van der Waals surface area contributed by atoms with Crippen molar-refractivity contribution in [1.29, 1.82) is 0 Å². The van der Waals surface area contributed by atoms with Crippen molar-refractivity contribution in [3.8, 4) is 0 Å². The van der Waals surface area contributed by atoms with E-state index < -0.39 is 19.1 Å². The number of hydrazine groups is 1. The standard InChI is InChI=1S/C7H11F2N5O/c8-7(9,3-15)2-11-5-1-6(14-10)13-4-12-5/h1,4,15H,2-3,10H2,(H2,11,12,13,14). The van der Waals surface area contributed by atoms with Gasteiger partial charge in [0.25, 0.3) is 5.92 Å². The minimum Gasteiger partial charge on any atom is -0.390 e. The zero-order valence-electron chi connectivity index (χ0n) is 7.74. The van der Waals surface area contributed by atoms with E-state index >= 15 is 0 Å². The summed E-state index contributed by atoms with van der Waals surface area (Å²) >= 11 is 0. The molecule has 8 heteroatoms. The average Bonchev–Trinajstić information content (AvgIpc) is 2.27. The van der Waals surface area contributed by atoms with Crippen LogP contribution in [-0.2, 0) is 0 Å². The summed E-state index contributed by atoms with van der Waals surface area (Å²) in [5.41, 5.74) is 2.25. The SMILES string of the molecule is NNc1cc(NCC(F)(F)CO)ncn1. The Labute approximate surface area is 84.5 Å². The van der Waals surface area contributed by atoms with Crippen LogP contribution in [0.3, 0.4) is 0 Å². The summed E-state index contributed by atoms with van der Waals surface area (Å²) in [6.07, 6.45) is 1.18. The number of nitrogens with zero attached hydrogens (tertiary/aromatic N) is 2. The molecule has 0 spiro atoms. The normalized spacial score (nSPS) is 11.2. The van der Waals surface area contributed by atoms with Crippen LogP contribution in [0.5, 0.6) is 0 Å². The van der Waals surface area contributed by atoms with E-state index in [1.54, 1.807) is 0 Å². The predicted octanol–water partition coefficient (Wildman–Crippen LogP) is -0.198. The first-order valence-electron chi connectivity index (χ1n) is 4.08. The summed E-state index contributed by atoms with van der Waals surface area (Å²) in [6, 6.07) is 1.37. The fourth-order valence-electron chi connectivity index (χ4n) is 0.809. The van der Waals surface area contributed by atoms with E-state index in [-0.39, 0.29) is 5.82 Å². The predicted molar refractivity (Wildman–Crippen MR) is 50.4 cm³/mol. The monoisotopic (exact) mass is 219 g/mol. The van der Waals surface area contributed by atoms with E-state index in [1.165, 1.54) is 12.4 Å². The minimum absolute atomic E-state index is 0.200. The van der Waals surface area contributed by atoms with Crippen molar-refractivity contribution in [1.82, 2.24) is 9.97 Å². The first kappa shape index (κ1) is 11.5. The van der Waals surface area contributed by atoms with E-state index in [9.17, 15) is 8.78 Å². The van der Waals surface area contributed by atoms with Crippen molar-refractivity contribution in [3.05, 3.63) is 12.4 Å². The molecule has 1 rings (SSSR count). The van der Waals surface area contributed by atoms with Gasteiger partial charge in [0.2, 0.25) is 0 Å². The van der Waals surface area contributed by atoms with Gasteiger partial charge in [-0.15, -0.1) is 0 Å². The second-order valence-corrected chi connectivity index (χ2v) is 2.80. The summed E-state index contributed by atoms with van der Waals surface area (Å²) in [5, 5.41) is 10.7. The van der Waals surface area contributed by atoms with E-state index in [1.807, 2.05) is 0 Å². The minimum atomic E-state index is -3.18. The highest BCUT2D eigenvalue weighted by molar-refractivity contribution is 5.45. The van der Waals surface area contributed by atoms with Gasteiger partial charge in [0.15, 0.2) is 0 Å². The van der Waals surface area contributed by atoms with Gasteiger partial charge >= 0.3 is 0 Å². The molecular formula is C7H11F2N5O. The van der Waals surface area contributed by atoms with Crippen molar-refractivity contribution >= 4 is 11.6 Å². The average molecular weight is 219 g/mol. The number of aromatic nitrogens is 2. The van der Waals surface area contributed by atoms with E-state index in [0.29, 0.717) is 5.82 Å². The number of alkyl halides is 2. The number of nitrogens with two attached hydrogens (primary N) is 1. The molecule has 0 aliphatic rings. The van der Waals surface area contributed by atoms with Gasteiger partial charge in [-0.1, -0.05) is 0 Å². The Balaban J connectivity index is 2.57. The lowest BCUT2D eigenvalue weighted by Gasteiger charge is -2.14. The van der Waals surface area contributed by atoms with Gasteiger partial charge in [-0.25, -0.2) is 24.6 Å². The quantitative estimate of drug-likeness (QED) is 0.404. The molecule has 0 fully saturated rings. The van der Waals surface area contributed by atoms with Gasteiger partial charge in [0, 0.05) is 6.07 Å². The van der Waals surface area contributed by atoms with Crippen LogP contribution >= 0.6 is 0 Å². The Hall–Kier alpha value is -1.54. The molecule has 0 aliphatic carbocycles. The molecule has 0 aliphatic heterocycles. The maximum Gasteiger partial charge on any atom is 0.287 e. The van der Waals surface area contributed by atoms with Crippen LogP contribution in [-0.4, -0.2) is 34.1 Å². The molecule has 1 aromatic heterocycles. The lowest BCUT2D eigenvalue weighted by Crippen LogP contribution is -2.31. The molecule has 0 atom stereocenters. The molecule has 0 aromatic carbocycles. The molecule has 1 heterocycles. The summed E-state index contributed by atoms with van der Waals surface area (Å²) in [7, 11) is 0. The number of nitrogens with one attached hydrogen (secondary N) is 2. The Kier molecular flexibility index (Phi) is 3.69. The summed E-state index contributed by atoms with van der Waals surface area (Å²) < 4.78 is 25.2. The Morgan fingerprint density at radius 2 is 2.07 bits per heavy atom. The number of anilines is 2. The number of rotatable bonds is 5. The fraction of sp³-hybridized carbons (Fsp3) is 0.429. The molecule has 0 bridgehead atoms. The van der Waals surface area contributed by atoms with Crippen LogP contribution in [0.4, 0.5) is 20.4 Å². The number of halogens is 2. The van der Waals surface area contributed by atoms with Crippen LogP contribution < -0.4 is 16.6 Å². The lowest BCUT2D eigenvalue weighted by molar-refractivity contribution is -0.0373. The second kappa shape index (κ2) is 4.80. The zero-order chi connectivity index (χ0) is 11.3. The Bertz CT molecular complexity index is 322. The molecule has 6 nitrogen and oxygen atoms in total. The van der Waals surface area contributed by atoms with Gasteiger partial charge in [-0.2, -0.15) is 0 Å². The first-order valence-corrected chi connectivity index (χ1v) is 4.08. The topological polar surface area (TPSA) is 96.1 Å². The highest BCUT2D eigenvalue weighted by Crippen LogP contribution is 2.14. The molecule has 0 unspecified atom stereocenters. The Morgan fingerprint density at radius 1 is 1.40 bits per heavy atom. The zero-order valence-corrected chi connectivity index (χ0v) is 7.74. The Morgan fingerprint density at radius 3 is 2.67 bits per heavy atom. The number of hydrogen-bond acceptors (Lipinski definition) is 6. The van der Waals surface area contributed by atoms with Crippen LogP contribution in [0.2, 0.25) is 0 Å². The molecule has 84 valence electrons. The fourth-order valence-corrected chi connectivity index (χ4v) is 0.809. The lowest BCUT2D eigenvalue weighted by atomic mass is 10.3. The van der Waals surface area contributed by atoms with Gasteiger partial charge < -0.3 is 15.8 Å². The van der Waals surface area contributed by atoms with Crippen LogP contribution in [0.1, 0.15) is 0 Å².